The first-order valence-electron chi connectivity index (χ1n) is 13.0. The SMILES string of the molecule is O=C(CCCC1CCCCC1)C1CC1CCCC(=O)N1CCCC2CCCCC21. The molecule has 4 aliphatic rings. The van der Waals surface area contributed by atoms with Crippen LogP contribution in [0.1, 0.15) is 116 Å². The molecule has 3 saturated carbocycles. The average molecular weight is 402 g/mol. The summed E-state index contributed by atoms with van der Waals surface area (Å²) >= 11 is 0. The normalized spacial score (nSPS) is 32.6. The topological polar surface area (TPSA) is 37.4 Å². The van der Waals surface area contributed by atoms with Gasteiger partial charge in [-0.15, -0.1) is 0 Å². The zero-order valence-corrected chi connectivity index (χ0v) is 18.6. The highest BCUT2D eigenvalue weighted by Crippen LogP contribution is 2.44. The van der Waals surface area contributed by atoms with Crippen molar-refractivity contribution in [1.29, 1.82) is 0 Å². The molecule has 164 valence electrons. The van der Waals surface area contributed by atoms with Gasteiger partial charge in [0.15, 0.2) is 0 Å². The maximum Gasteiger partial charge on any atom is 0.222 e. The Morgan fingerprint density at radius 2 is 1.48 bits per heavy atom. The van der Waals surface area contributed by atoms with Gasteiger partial charge in [0.05, 0.1) is 0 Å². The summed E-state index contributed by atoms with van der Waals surface area (Å²) < 4.78 is 0. The summed E-state index contributed by atoms with van der Waals surface area (Å²) in [6.07, 6.45) is 21.9. The maximum atomic E-state index is 12.8. The summed E-state index contributed by atoms with van der Waals surface area (Å²) in [4.78, 5) is 27.5. The molecular weight excluding hydrogens is 358 g/mol. The van der Waals surface area contributed by atoms with Gasteiger partial charge in [0.2, 0.25) is 5.91 Å². The molecule has 3 aliphatic carbocycles. The van der Waals surface area contributed by atoms with Gasteiger partial charge in [-0.05, 0) is 69.1 Å². The zero-order chi connectivity index (χ0) is 20.1. The Labute approximate surface area is 178 Å². The van der Waals surface area contributed by atoms with E-state index in [0.717, 1.165) is 50.5 Å². The lowest BCUT2D eigenvalue weighted by molar-refractivity contribution is -0.137. The van der Waals surface area contributed by atoms with Crippen LogP contribution in [0.3, 0.4) is 0 Å². The van der Waals surface area contributed by atoms with Crippen molar-refractivity contribution in [1.82, 2.24) is 4.90 Å². The number of Topliss-reactive ketones (excluding diaryl/α,β-unsaturated/α-hetero) is 1. The number of rotatable bonds is 9. The minimum Gasteiger partial charge on any atom is -0.339 e. The van der Waals surface area contributed by atoms with Crippen molar-refractivity contribution in [3.8, 4) is 0 Å². The Morgan fingerprint density at radius 1 is 0.759 bits per heavy atom. The number of amides is 1. The molecule has 0 spiro atoms. The molecule has 1 saturated heterocycles. The van der Waals surface area contributed by atoms with E-state index in [4.69, 9.17) is 0 Å². The van der Waals surface area contributed by atoms with Crippen LogP contribution in [-0.2, 0) is 9.59 Å². The van der Waals surface area contributed by atoms with Crippen LogP contribution in [0.4, 0.5) is 0 Å². The molecule has 1 aliphatic heterocycles. The molecule has 0 bridgehead atoms. The number of hydrogen-bond acceptors (Lipinski definition) is 2. The lowest BCUT2D eigenvalue weighted by atomic mass is 9.78. The molecule has 0 aromatic rings. The van der Waals surface area contributed by atoms with Crippen LogP contribution in [0.2, 0.25) is 0 Å². The molecule has 4 unspecified atom stereocenters. The highest BCUT2D eigenvalue weighted by Gasteiger charge is 2.41. The minimum absolute atomic E-state index is 0.342. The number of piperidine rings is 1. The zero-order valence-electron chi connectivity index (χ0n) is 18.6. The third-order valence-electron chi connectivity index (χ3n) is 8.63. The predicted molar refractivity (Wildman–Crippen MR) is 118 cm³/mol. The van der Waals surface area contributed by atoms with Gasteiger partial charge in [0.25, 0.3) is 0 Å². The highest BCUT2D eigenvalue weighted by molar-refractivity contribution is 5.83. The fraction of sp³-hybridized carbons (Fsp3) is 0.923. The molecule has 0 radical (unpaired) electrons. The third kappa shape index (κ3) is 5.85. The second-order valence-corrected chi connectivity index (χ2v) is 10.7. The van der Waals surface area contributed by atoms with Crippen molar-refractivity contribution in [2.75, 3.05) is 6.54 Å². The largest absolute Gasteiger partial charge is 0.339 e. The van der Waals surface area contributed by atoms with Gasteiger partial charge in [-0.25, -0.2) is 0 Å². The van der Waals surface area contributed by atoms with Gasteiger partial charge in [0, 0.05) is 31.3 Å². The number of nitrogens with zero attached hydrogens (tertiary/aromatic N) is 1. The van der Waals surface area contributed by atoms with Crippen molar-refractivity contribution < 1.29 is 9.59 Å². The van der Waals surface area contributed by atoms with Crippen LogP contribution >= 0.6 is 0 Å². The fourth-order valence-corrected chi connectivity index (χ4v) is 6.78. The fourth-order valence-electron chi connectivity index (χ4n) is 6.78. The second kappa shape index (κ2) is 10.4. The van der Waals surface area contributed by atoms with Gasteiger partial charge in [-0.2, -0.15) is 0 Å². The smallest absolute Gasteiger partial charge is 0.222 e. The summed E-state index contributed by atoms with van der Waals surface area (Å²) in [5, 5.41) is 0. The van der Waals surface area contributed by atoms with Crippen LogP contribution in [0.5, 0.6) is 0 Å². The predicted octanol–water partition coefficient (Wildman–Crippen LogP) is 6.29. The number of ketones is 1. The van der Waals surface area contributed by atoms with E-state index in [-0.39, 0.29) is 0 Å². The van der Waals surface area contributed by atoms with Crippen LogP contribution in [0.25, 0.3) is 0 Å². The molecule has 29 heavy (non-hydrogen) atoms. The number of likely N-dealkylation sites (tertiary alicyclic amines) is 1. The Hall–Kier alpha value is -0.860. The number of hydrogen-bond donors (Lipinski definition) is 0. The van der Waals surface area contributed by atoms with Crippen molar-refractivity contribution in [3.05, 3.63) is 0 Å². The van der Waals surface area contributed by atoms with Gasteiger partial charge >= 0.3 is 0 Å². The third-order valence-corrected chi connectivity index (χ3v) is 8.63. The monoisotopic (exact) mass is 401 g/mol. The lowest BCUT2D eigenvalue weighted by Crippen LogP contribution is -2.49. The molecule has 3 heteroatoms. The van der Waals surface area contributed by atoms with E-state index in [0.29, 0.717) is 36.0 Å². The molecule has 4 atom stereocenters. The van der Waals surface area contributed by atoms with Gasteiger partial charge in [-0.1, -0.05) is 51.4 Å². The Kier molecular flexibility index (Phi) is 7.70. The molecule has 1 heterocycles. The minimum atomic E-state index is 0.342. The van der Waals surface area contributed by atoms with E-state index < -0.39 is 0 Å². The molecule has 4 rings (SSSR count). The molecule has 4 fully saturated rings. The average Bonchev–Trinajstić information content (AvgIpc) is 3.53. The first-order valence-corrected chi connectivity index (χ1v) is 13.0. The number of carbonyl (C=O) groups excluding carboxylic acids is 2. The Bertz CT molecular complexity index is 551. The maximum absolute atomic E-state index is 12.8. The van der Waals surface area contributed by atoms with Gasteiger partial charge < -0.3 is 4.90 Å². The summed E-state index contributed by atoms with van der Waals surface area (Å²) in [6.45, 7) is 0.992. The van der Waals surface area contributed by atoms with Crippen LogP contribution in [-0.4, -0.2) is 29.2 Å². The molecule has 0 aromatic carbocycles. The van der Waals surface area contributed by atoms with Crippen molar-refractivity contribution in [2.24, 2.45) is 23.7 Å². The molecule has 1 amide bonds. The first-order chi connectivity index (χ1) is 14.2. The lowest BCUT2D eigenvalue weighted by Gasteiger charge is -2.44. The van der Waals surface area contributed by atoms with Gasteiger partial charge in [-0.3, -0.25) is 9.59 Å². The van der Waals surface area contributed by atoms with E-state index in [1.54, 1.807) is 0 Å². The summed E-state index contributed by atoms with van der Waals surface area (Å²) in [6, 6.07) is 0.546. The van der Waals surface area contributed by atoms with E-state index >= 15 is 0 Å². The summed E-state index contributed by atoms with van der Waals surface area (Å²) in [7, 11) is 0. The number of carbonyl (C=O) groups is 2. The quantitative estimate of drug-likeness (QED) is 0.455. The van der Waals surface area contributed by atoms with Crippen LogP contribution in [0.15, 0.2) is 0 Å². The second-order valence-electron chi connectivity index (χ2n) is 10.7. The van der Waals surface area contributed by atoms with Crippen LogP contribution in [0, 0.1) is 23.7 Å². The Balaban J connectivity index is 1.09. The molecule has 3 nitrogen and oxygen atoms in total. The van der Waals surface area contributed by atoms with E-state index in [1.807, 2.05) is 0 Å². The molecule has 0 N–H and O–H groups in total. The molecular formula is C26H43NO2. The van der Waals surface area contributed by atoms with Crippen LogP contribution < -0.4 is 0 Å². The van der Waals surface area contributed by atoms with Crippen molar-refractivity contribution >= 4 is 11.7 Å². The van der Waals surface area contributed by atoms with E-state index in [2.05, 4.69) is 4.90 Å². The van der Waals surface area contributed by atoms with Crippen molar-refractivity contribution in [2.45, 2.75) is 122 Å². The standard InChI is InChI=1S/C26H43NO2/c28-25(16-6-11-20-9-2-1-3-10-20)23-19-22(23)13-7-17-26(29)27-18-8-14-21-12-4-5-15-24(21)27/h20-24H,1-19H2. The summed E-state index contributed by atoms with van der Waals surface area (Å²) in [5.41, 5.74) is 0. The van der Waals surface area contributed by atoms with E-state index in [1.165, 1.54) is 77.0 Å². The van der Waals surface area contributed by atoms with Gasteiger partial charge in [0.1, 0.15) is 5.78 Å². The summed E-state index contributed by atoms with van der Waals surface area (Å²) in [5.74, 6) is 3.54. The Morgan fingerprint density at radius 3 is 2.34 bits per heavy atom. The van der Waals surface area contributed by atoms with E-state index in [9.17, 15) is 9.59 Å². The highest BCUT2D eigenvalue weighted by atomic mass is 16.2. The van der Waals surface area contributed by atoms with Crippen molar-refractivity contribution in [3.63, 3.8) is 0 Å². The first kappa shape index (κ1) is 21.4. The molecule has 0 aromatic heterocycles. The number of fused-ring (bicyclic) bond motifs is 1.